The summed E-state index contributed by atoms with van der Waals surface area (Å²) in [5.74, 6) is 0.155. The smallest absolute Gasteiger partial charge is 0.245 e. The van der Waals surface area contributed by atoms with Crippen LogP contribution in [0.25, 0.3) is 0 Å². The fourth-order valence-corrected chi connectivity index (χ4v) is 1.67. The van der Waals surface area contributed by atoms with Crippen LogP contribution in [0.4, 0.5) is 5.13 Å². The molecule has 1 rings (SSSR count). The normalized spacial score (nSPS) is 14.6. The quantitative estimate of drug-likeness (QED) is 0.809. The zero-order valence-corrected chi connectivity index (χ0v) is 11.2. The van der Waals surface area contributed by atoms with Crippen LogP contribution in [-0.4, -0.2) is 29.6 Å². The standard InChI is InChI=1S/C11H19N3O2S/c1-7(2)6-16-8(3)9(12)10(15)14-11-13-4-5-17-11/h4-5,7-9H,6,12H2,1-3H3,(H,13,14,15)/t8-,9+/m1/s1. The molecule has 96 valence electrons. The van der Waals surface area contributed by atoms with Gasteiger partial charge < -0.3 is 15.8 Å². The molecule has 2 atom stereocenters. The fourth-order valence-electron chi connectivity index (χ4n) is 1.13. The Kier molecular flexibility index (Phi) is 5.54. The van der Waals surface area contributed by atoms with Crippen LogP contribution >= 0.6 is 11.3 Å². The van der Waals surface area contributed by atoms with Crippen LogP contribution in [0.1, 0.15) is 20.8 Å². The summed E-state index contributed by atoms with van der Waals surface area (Å²) in [7, 11) is 0. The zero-order chi connectivity index (χ0) is 12.8. The van der Waals surface area contributed by atoms with E-state index in [2.05, 4.69) is 10.3 Å². The molecule has 1 amide bonds. The van der Waals surface area contributed by atoms with Crippen LogP contribution in [0.3, 0.4) is 0 Å². The number of carbonyl (C=O) groups excluding carboxylic acids is 1. The molecular weight excluding hydrogens is 238 g/mol. The minimum atomic E-state index is -0.683. The van der Waals surface area contributed by atoms with Gasteiger partial charge >= 0.3 is 0 Å². The van der Waals surface area contributed by atoms with Crippen LogP contribution in [-0.2, 0) is 9.53 Å². The lowest BCUT2D eigenvalue weighted by atomic mass is 10.2. The summed E-state index contributed by atoms with van der Waals surface area (Å²) in [5.41, 5.74) is 5.80. The number of nitrogens with two attached hydrogens (primary N) is 1. The summed E-state index contributed by atoms with van der Waals surface area (Å²) in [6, 6.07) is -0.683. The number of ether oxygens (including phenoxy) is 1. The van der Waals surface area contributed by atoms with Gasteiger partial charge in [-0.3, -0.25) is 4.79 Å². The lowest BCUT2D eigenvalue weighted by molar-refractivity contribution is -0.120. The molecule has 1 aromatic rings. The number of carbonyl (C=O) groups is 1. The lowest BCUT2D eigenvalue weighted by Crippen LogP contribution is -2.45. The van der Waals surface area contributed by atoms with E-state index >= 15 is 0 Å². The van der Waals surface area contributed by atoms with E-state index in [1.807, 2.05) is 13.8 Å². The number of aromatic nitrogens is 1. The van der Waals surface area contributed by atoms with Crippen molar-refractivity contribution in [1.29, 1.82) is 0 Å². The van der Waals surface area contributed by atoms with Crippen molar-refractivity contribution >= 4 is 22.4 Å². The molecule has 0 aliphatic heterocycles. The van der Waals surface area contributed by atoms with Gasteiger partial charge in [-0.25, -0.2) is 4.98 Å². The molecule has 1 aromatic heterocycles. The Hall–Kier alpha value is -0.980. The molecule has 17 heavy (non-hydrogen) atoms. The number of nitrogens with zero attached hydrogens (tertiary/aromatic N) is 1. The number of anilines is 1. The van der Waals surface area contributed by atoms with Crippen molar-refractivity contribution in [1.82, 2.24) is 4.98 Å². The number of thiazole rings is 1. The van der Waals surface area contributed by atoms with Crippen molar-refractivity contribution in [3.8, 4) is 0 Å². The predicted octanol–water partition coefficient (Wildman–Crippen LogP) is 1.47. The third kappa shape index (κ3) is 4.80. The summed E-state index contributed by atoms with van der Waals surface area (Å²) in [5, 5.41) is 5.00. The van der Waals surface area contributed by atoms with Crippen LogP contribution in [0, 0.1) is 5.92 Å². The number of hydrogen-bond acceptors (Lipinski definition) is 5. The lowest BCUT2D eigenvalue weighted by Gasteiger charge is -2.20. The van der Waals surface area contributed by atoms with E-state index in [1.165, 1.54) is 11.3 Å². The Morgan fingerprint density at radius 1 is 1.59 bits per heavy atom. The van der Waals surface area contributed by atoms with E-state index in [0.29, 0.717) is 17.7 Å². The first-order valence-corrected chi connectivity index (χ1v) is 6.46. The van der Waals surface area contributed by atoms with Gasteiger partial charge in [-0.15, -0.1) is 11.3 Å². The maximum Gasteiger partial charge on any atom is 0.245 e. The molecule has 0 saturated heterocycles. The molecule has 5 nitrogen and oxygen atoms in total. The van der Waals surface area contributed by atoms with Crippen molar-refractivity contribution in [3.05, 3.63) is 11.6 Å². The summed E-state index contributed by atoms with van der Waals surface area (Å²) in [4.78, 5) is 15.7. The molecule has 0 unspecified atom stereocenters. The third-order valence-electron chi connectivity index (χ3n) is 2.16. The molecule has 0 fully saturated rings. The van der Waals surface area contributed by atoms with E-state index in [1.54, 1.807) is 18.5 Å². The maximum atomic E-state index is 11.7. The van der Waals surface area contributed by atoms with Crippen LogP contribution < -0.4 is 11.1 Å². The molecule has 0 radical (unpaired) electrons. The Labute approximate surface area is 105 Å². The fraction of sp³-hybridized carbons (Fsp3) is 0.636. The highest BCUT2D eigenvalue weighted by molar-refractivity contribution is 7.13. The Morgan fingerprint density at radius 3 is 2.82 bits per heavy atom. The molecule has 3 N–H and O–H groups in total. The second kappa shape index (κ2) is 6.68. The van der Waals surface area contributed by atoms with Gasteiger partial charge in [0.15, 0.2) is 5.13 Å². The first kappa shape index (κ1) is 14.1. The predicted molar refractivity (Wildman–Crippen MR) is 69.0 cm³/mol. The summed E-state index contributed by atoms with van der Waals surface area (Å²) >= 11 is 1.36. The van der Waals surface area contributed by atoms with E-state index in [4.69, 9.17) is 10.5 Å². The Morgan fingerprint density at radius 2 is 2.29 bits per heavy atom. The van der Waals surface area contributed by atoms with Crippen LogP contribution in [0.5, 0.6) is 0 Å². The van der Waals surface area contributed by atoms with Gasteiger partial charge in [-0.05, 0) is 12.8 Å². The van der Waals surface area contributed by atoms with Crippen molar-refractivity contribution in [2.24, 2.45) is 11.7 Å². The van der Waals surface area contributed by atoms with Gasteiger partial charge in [-0.2, -0.15) is 0 Å². The second-order valence-corrected chi connectivity index (χ2v) is 5.18. The SMILES string of the molecule is CC(C)CO[C@H](C)[C@H](N)C(=O)Nc1nccs1. The average Bonchev–Trinajstić information content (AvgIpc) is 2.77. The minimum absolute atomic E-state index is 0.267. The molecular formula is C11H19N3O2S. The Balaban J connectivity index is 2.40. The van der Waals surface area contributed by atoms with E-state index < -0.39 is 6.04 Å². The summed E-state index contributed by atoms with van der Waals surface area (Å²) in [6.45, 7) is 6.50. The van der Waals surface area contributed by atoms with Crippen molar-refractivity contribution in [2.75, 3.05) is 11.9 Å². The first-order chi connectivity index (χ1) is 8.00. The first-order valence-electron chi connectivity index (χ1n) is 5.58. The topological polar surface area (TPSA) is 77.2 Å². The van der Waals surface area contributed by atoms with E-state index in [9.17, 15) is 4.79 Å². The molecule has 0 bridgehead atoms. The number of amides is 1. The van der Waals surface area contributed by atoms with Crippen LogP contribution in [0.15, 0.2) is 11.6 Å². The monoisotopic (exact) mass is 257 g/mol. The van der Waals surface area contributed by atoms with Crippen molar-refractivity contribution in [3.63, 3.8) is 0 Å². The highest BCUT2D eigenvalue weighted by Gasteiger charge is 2.22. The third-order valence-corrected chi connectivity index (χ3v) is 2.85. The number of rotatable bonds is 6. The largest absolute Gasteiger partial charge is 0.376 e. The molecule has 0 aliphatic rings. The van der Waals surface area contributed by atoms with Crippen molar-refractivity contribution < 1.29 is 9.53 Å². The van der Waals surface area contributed by atoms with E-state index in [0.717, 1.165) is 0 Å². The highest BCUT2D eigenvalue weighted by atomic mass is 32.1. The van der Waals surface area contributed by atoms with Gasteiger partial charge in [0, 0.05) is 18.2 Å². The summed E-state index contributed by atoms with van der Waals surface area (Å²) < 4.78 is 5.50. The summed E-state index contributed by atoms with van der Waals surface area (Å²) in [6.07, 6.45) is 1.32. The van der Waals surface area contributed by atoms with E-state index in [-0.39, 0.29) is 12.0 Å². The number of nitrogens with one attached hydrogen (secondary N) is 1. The molecule has 0 aromatic carbocycles. The van der Waals surface area contributed by atoms with Gasteiger partial charge in [-0.1, -0.05) is 13.8 Å². The maximum absolute atomic E-state index is 11.7. The van der Waals surface area contributed by atoms with Crippen molar-refractivity contribution in [2.45, 2.75) is 32.9 Å². The molecule has 6 heteroatoms. The molecule has 0 aliphatic carbocycles. The highest BCUT2D eigenvalue weighted by Crippen LogP contribution is 2.11. The van der Waals surface area contributed by atoms with Gasteiger partial charge in [0.05, 0.1) is 6.10 Å². The minimum Gasteiger partial charge on any atom is -0.376 e. The van der Waals surface area contributed by atoms with Gasteiger partial charge in [0.1, 0.15) is 6.04 Å². The van der Waals surface area contributed by atoms with Gasteiger partial charge in [0.25, 0.3) is 0 Å². The van der Waals surface area contributed by atoms with Crippen LogP contribution in [0.2, 0.25) is 0 Å². The number of hydrogen-bond donors (Lipinski definition) is 2. The molecule has 1 heterocycles. The second-order valence-electron chi connectivity index (χ2n) is 4.28. The average molecular weight is 257 g/mol. The Bertz CT molecular complexity index is 340. The molecule has 0 saturated carbocycles. The molecule has 0 spiro atoms. The van der Waals surface area contributed by atoms with Gasteiger partial charge in [0.2, 0.25) is 5.91 Å². The zero-order valence-electron chi connectivity index (χ0n) is 10.3.